The Bertz CT molecular complexity index is 716. The third-order valence-corrected chi connectivity index (χ3v) is 2.52. The van der Waals surface area contributed by atoms with E-state index in [1.165, 1.54) is 6.92 Å². The highest BCUT2D eigenvalue weighted by Crippen LogP contribution is 2.21. The molecule has 1 heterocycles. The second-order valence-electron chi connectivity index (χ2n) is 3.71. The van der Waals surface area contributed by atoms with Gasteiger partial charge in [0.15, 0.2) is 5.69 Å². The molecule has 1 aromatic heterocycles. The number of nitrogens with two attached hydrogens (primary N) is 1. The quantitative estimate of drug-likeness (QED) is 0.825. The van der Waals surface area contributed by atoms with Crippen LogP contribution in [0.5, 0.6) is 0 Å². The summed E-state index contributed by atoms with van der Waals surface area (Å²) >= 11 is 5.79. The molecule has 0 aliphatic heterocycles. The molecule has 0 saturated heterocycles. The molecular weight excluding hydrogens is 270 g/mol. The predicted octanol–water partition coefficient (Wildman–Crippen LogP) is 2.49. The number of carbonyl (C=O) groups is 1. The fraction of sp³-hybridized carbons (Fsp3) is 0.0909. The molecule has 0 bridgehead atoms. The molecular formula is C11H10ClN5O2. The number of nitrogen functional groups attached to an aromatic ring is 1. The monoisotopic (exact) mass is 279 g/mol. The van der Waals surface area contributed by atoms with Gasteiger partial charge in [0.2, 0.25) is 5.91 Å². The summed E-state index contributed by atoms with van der Waals surface area (Å²) in [5.41, 5.74) is 5.28. The van der Waals surface area contributed by atoms with Crippen molar-refractivity contribution in [3.05, 3.63) is 39.6 Å². The van der Waals surface area contributed by atoms with Gasteiger partial charge in [-0.2, -0.15) is 9.80 Å². The van der Waals surface area contributed by atoms with Crippen molar-refractivity contribution in [3.8, 4) is 0 Å². The molecule has 2 aromatic rings. The summed E-state index contributed by atoms with van der Waals surface area (Å²) in [4.78, 5) is 22.9. The van der Waals surface area contributed by atoms with E-state index in [-0.39, 0.29) is 11.5 Å². The summed E-state index contributed by atoms with van der Waals surface area (Å²) in [6.07, 6.45) is 0. The SMILES string of the molecule is CC(=O)n1[nH]c(N)c(N=Nc2cccc(Cl)c2)c1=O. The van der Waals surface area contributed by atoms with Gasteiger partial charge in [-0.3, -0.25) is 14.7 Å². The lowest BCUT2D eigenvalue weighted by molar-refractivity contribution is 0.0917. The molecule has 0 spiro atoms. The normalized spacial score (nSPS) is 11.1. The van der Waals surface area contributed by atoms with Crippen LogP contribution in [0.1, 0.15) is 11.7 Å². The van der Waals surface area contributed by atoms with E-state index in [1.807, 2.05) is 0 Å². The zero-order valence-corrected chi connectivity index (χ0v) is 10.7. The minimum absolute atomic E-state index is 0.0222. The number of azo groups is 1. The van der Waals surface area contributed by atoms with Crippen molar-refractivity contribution >= 4 is 34.7 Å². The molecule has 3 N–H and O–H groups in total. The Morgan fingerprint density at radius 3 is 2.74 bits per heavy atom. The first-order valence-electron chi connectivity index (χ1n) is 5.28. The maximum absolute atomic E-state index is 11.8. The van der Waals surface area contributed by atoms with Gasteiger partial charge in [0.25, 0.3) is 0 Å². The van der Waals surface area contributed by atoms with Crippen LogP contribution in [0.4, 0.5) is 17.2 Å². The summed E-state index contributed by atoms with van der Waals surface area (Å²) < 4.78 is 0.766. The van der Waals surface area contributed by atoms with Gasteiger partial charge < -0.3 is 5.73 Å². The van der Waals surface area contributed by atoms with Crippen LogP contribution in [0.2, 0.25) is 5.02 Å². The van der Waals surface area contributed by atoms with Gasteiger partial charge >= 0.3 is 5.56 Å². The van der Waals surface area contributed by atoms with Crippen molar-refractivity contribution in [1.29, 1.82) is 0 Å². The van der Waals surface area contributed by atoms with E-state index in [2.05, 4.69) is 15.3 Å². The zero-order valence-electron chi connectivity index (χ0n) is 9.92. The summed E-state index contributed by atoms with van der Waals surface area (Å²) in [5, 5.41) is 10.5. The minimum Gasteiger partial charge on any atom is -0.382 e. The Labute approximate surface area is 112 Å². The first-order valence-corrected chi connectivity index (χ1v) is 5.65. The Morgan fingerprint density at radius 2 is 2.16 bits per heavy atom. The molecule has 19 heavy (non-hydrogen) atoms. The number of rotatable bonds is 2. The molecule has 0 aliphatic rings. The maximum atomic E-state index is 11.8. The van der Waals surface area contributed by atoms with Crippen molar-refractivity contribution < 1.29 is 4.79 Å². The molecule has 0 atom stereocenters. The van der Waals surface area contributed by atoms with Gasteiger partial charge in [-0.05, 0) is 18.2 Å². The van der Waals surface area contributed by atoms with Crippen LogP contribution in [-0.4, -0.2) is 15.7 Å². The van der Waals surface area contributed by atoms with E-state index in [0.717, 1.165) is 4.68 Å². The summed E-state index contributed by atoms with van der Waals surface area (Å²) in [6.45, 7) is 1.23. The molecule has 7 nitrogen and oxygen atoms in total. The number of nitrogens with one attached hydrogen (secondary N) is 1. The number of halogens is 1. The summed E-state index contributed by atoms with van der Waals surface area (Å²) in [7, 11) is 0. The maximum Gasteiger partial charge on any atom is 0.303 e. The Morgan fingerprint density at radius 1 is 1.42 bits per heavy atom. The highest BCUT2D eigenvalue weighted by Gasteiger charge is 2.13. The number of hydrogen-bond acceptors (Lipinski definition) is 5. The first kappa shape index (κ1) is 13.0. The number of aromatic nitrogens is 2. The number of anilines is 1. The lowest BCUT2D eigenvalue weighted by Crippen LogP contribution is -2.21. The lowest BCUT2D eigenvalue weighted by Gasteiger charge is -1.92. The molecule has 0 amide bonds. The van der Waals surface area contributed by atoms with Crippen LogP contribution in [0.15, 0.2) is 39.3 Å². The average molecular weight is 280 g/mol. The third-order valence-electron chi connectivity index (χ3n) is 2.28. The van der Waals surface area contributed by atoms with Gasteiger partial charge in [0.1, 0.15) is 5.82 Å². The number of hydrogen-bond donors (Lipinski definition) is 2. The number of H-pyrrole nitrogens is 1. The molecule has 0 saturated carbocycles. The Balaban J connectivity index is 2.39. The van der Waals surface area contributed by atoms with Crippen molar-refractivity contribution in [2.45, 2.75) is 6.92 Å². The number of nitrogens with zero attached hydrogens (tertiary/aromatic N) is 3. The van der Waals surface area contributed by atoms with Gasteiger partial charge in [-0.15, -0.1) is 5.11 Å². The van der Waals surface area contributed by atoms with Crippen molar-refractivity contribution in [1.82, 2.24) is 9.78 Å². The molecule has 0 fully saturated rings. The third kappa shape index (κ3) is 2.71. The predicted molar refractivity (Wildman–Crippen MR) is 71.4 cm³/mol. The van der Waals surface area contributed by atoms with Crippen molar-refractivity contribution in [2.75, 3.05) is 5.73 Å². The molecule has 0 radical (unpaired) electrons. The van der Waals surface area contributed by atoms with Crippen LogP contribution in [0.3, 0.4) is 0 Å². The van der Waals surface area contributed by atoms with Crippen molar-refractivity contribution in [2.24, 2.45) is 10.2 Å². The van der Waals surface area contributed by atoms with Crippen LogP contribution in [0.25, 0.3) is 0 Å². The summed E-state index contributed by atoms with van der Waals surface area (Å²) in [6, 6.07) is 6.64. The number of benzene rings is 1. The molecule has 2 rings (SSSR count). The first-order chi connectivity index (χ1) is 8.99. The van der Waals surface area contributed by atoms with E-state index in [9.17, 15) is 9.59 Å². The fourth-order valence-corrected chi connectivity index (χ4v) is 1.59. The van der Waals surface area contributed by atoms with Crippen LogP contribution < -0.4 is 11.3 Å². The Hall–Kier alpha value is -2.41. The molecule has 8 heteroatoms. The van der Waals surface area contributed by atoms with Crippen molar-refractivity contribution in [3.63, 3.8) is 0 Å². The highest BCUT2D eigenvalue weighted by molar-refractivity contribution is 6.30. The zero-order chi connectivity index (χ0) is 14.0. The van der Waals surface area contributed by atoms with Gasteiger partial charge in [0.05, 0.1) is 5.69 Å². The standard InChI is InChI=1S/C11H10ClN5O2/c1-6(18)17-11(19)9(10(13)16-17)15-14-8-4-2-3-7(12)5-8/h2-5,16H,13H2,1H3. The van der Waals surface area contributed by atoms with Crippen LogP contribution >= 0.6 is 11.6 Å². The van der Waals surface area contributed by atoms with E-state index < -0.39 is 11.5 Å². The lowest BCUT2D eigenvalue weighted by atomic mass is 10.3. The average Bonchev–Trinajstić information content (AvgIpc) is 2.63. The Kier molecular flexibility index (Phi) is 3.48. The fourth-order valence-electron chi connectivity index (χ4n) is 1.41. The smallest absolute Gasteiger partial charge is 0.303 e. The van der Waals surface area contributed by atoms with E-state index in [0.29, 0.717) is 10.7 Å². The van der Waals surface area contributed by atoms with Gasteiger partial charge in [0, 0.05) is 11.9 Å². The van der Waals surface area contributed by atoms with Gasteiger partial charge in [-0.25, -0.2) is 0 Å². The molecule has 0 unspecified atom stereocenters. The molecule has 1 aromatic carbocycles. The molecule has 98 valence electrons. The van der Waals surface area contributed by atoms with Crippen LogP contribution in [0, 0.1) is 0 Å². The second kappa shape index (κ2) is 5.07. The number of carbonyl (C=O) groups excluding carboxylic acids is 1. The van der Waals surface area contributed by atoms with E-state index in [4.69, 9.17) is 17.3 Å². The number of aromatic amines is 1. The van der Waals surface area contributed by atoms with E-state index in [1.54, 1.807) is 24.3 Å². The highest BCUT2D eigenvalue weighted by atomic mass is 35.5. The molecule has 0 aliphatic carbocycles. The van der Waals surface area contributed by atoms with E-state index >= 15 is 0 Å². The van der Waals surface area contributed by atoms with Crippen LogP contribution in [-0.2, 0) is 0 Å². The second-order valence-corrected chi connectivity index (χ2v) is 4.15. The minimum atomic E-state index is -0.643. The summed E-state index contributed by atoms with van der Waals surface area (Å²) in [5.74, 6) is -0.508. The topological polar surface area (TPSA) is 106 Å². The largest absolute Gasteiger partial charge is 0.382 e. The van der Waals surface area contributed by atoms with Gasteiger partial charge in [-0.1, -0.05) is 17.7 Å².